The highest BCUT2D eigenvalue weighted by atomic mass is 79.9. The number of fused-ring (bicyclic) bond motifs is 1. The van der Waals surface area contributed by atoms with Crippen molar-refractivity contribution in [3.63, 3.8) is 0 Å². The van der Waals surface area contributed by atoms with Crippen molar-refractivity contribution >= 4 is 32.8 Å². The zero-order valence-electron chi connectivity index (χ0n) is 13.8. The van der Waals surface area contributed by atoms with Gasteiger partial charge < -0.3 is 15.4 Å². The normalized spacial score (nSPS) is 12.7. The molecule has 0 aliphatic rings. The number of nitrogens with two attached hydrogens (primary N) is 1. The highest BCUT2D eigenvalue weighted by Gasteiger charge is 2.22. The van der Waals surface area contributed by atoms with Crippen LogP contribution in [-0.2, 0) is 18.3 Å². The summed E-state index contributed by atoms with van der Waals surface area (Å²) in [6.07, 6.45) is 4.18. The molecule has 0 amide bonds. The van der Waals surface area contributed by atoms with Gasteiger partial charge in [0.25, 0.3) is 0 Å². The Bertz CT molecular complexity index is 694. The average Bonchev–Trinajstić information content (AvgIpc) is 2.74. The van der Waals surface area contributed by atoms with E-state index < -0.39 is 5.97 Å². The second-order valence-electron chi connectivity index (χ2n) is 6.16. The summed E-state index contributed by atoms with van der Waals surface area (Å²) in [7, 11) is 2.03. The predicted octanol–water partition coefficient (Wildman–Crippen LogP) is 4.01. The number of hydrogen-bond donors (Lipinski definition) is 2. The summed E-state index contributed by atoms with van der Waals surface area (Å²) >= 11 is 3.51. The van der Waals surface area contributed by atoms with Crippen molar-refractivity contribution in [2.75, 3.05) is 6.54 Å². The summed E-state index contributed by atoms with van der Waals surface area (Å²) in [6, 6.07) is 6.18. The molecule has 2 rings (SSSR count). The van der Waals surface area contributed by atoms with E-state index in [-0.39, 0.29) is 5.92 Å². The molecule has 1 aromatic heterocycles. The third kappa shape index (κ3) is 4.15. The molecule has 0 aliphatic carbocycles. The minimum Gasteiger partial charge on any atom is -0.481 e. The van der Waals surface area contributed by atoms with Crippen molar-refractivity contribution in [1.29, 1.82) is 0 Å². The summed E-state index contributed by atoms with van der Waals surface area (Å²) in [5.74, 6) is -1.04. The molecule has 0 saturated heterocycles. The van der Waals surface area contributed by atoms with Gasteiger partial charge in [0.1, 0.15) is 0 Å². The van der Waals surface area contributed by atoms with Gasteiger partial charge in [0.15, 0.2) is 0 Å². The highest BCUT2D eigenvalue weighted by molar-refractivity contribution is 9.10. The van der Waals surface area contributed by atoms with Crippen LogP contribution in [0.4, 0.5) is 0 Å². The van der Waals surface area contributed by atoms with Gasteiger partial charge in [-0.05, 0) is 50.4 Å². The van der Waals surface area contributed by atoms with E-state index >= 15 is 0 Å². The maximum atomic E-state index is 11.6. The molecule has 23 heavy (non-hydrogen) atoms. The van der Waals surface area contributed by atoms with Gasteiger partial charge in [-0.1, -0.05) is 34.8 Å². The maximum Gasteiger partial charge on any atom is 0.306 e. The number of carboxylic acid groups (broad SMARTS) is 1. The number of hydrogen-bond acceptors (Lipinski definition) is 2. The number of carboxylic acids is 1. The van der Waals surface area contributed by atoms with E-state index in [0.29, 0.717) is 19.4 Å². The molecule has 1 aromatic carbocycles. The number of benzene rings is 1. The first-order chi connectivity index (χ1) is 11.0. The molecule has 1 unspecified atom stereocenters. The molecule has 4 nitrogen and oxygen atoms in total. The van der Waals surface area contributed by atoms with Crippen LogP contribution in [0.15, 0.2) is 22.7 Å². The fraction of sp³-hybridized carbons (Fsp3) is 0.500. The maximum absolute atomic E-state index is 11.6. The lowest BCUT2D eigenvalue weighted by Gasteiger charge is -2.13. The number of unbranched alkanes of at least 4 members (excludes halogenated alkanes) is 2. The Morgan fingerprint density at radius 3 is 2.74 bits per heavy atom. The fourth-order valence-corrected chi connectivity index (χ4v) is 3.49. The Labute approximate surface area is 145 Å². The van der Waals surface area contributed by atoms with Gasteiger partial charge in [0.05, 0.1) is 5.92 Å². The van der Waals surface area contributed by atoms with Crippen molar-refractivity contribution in [2.24, 2.45) is 18.7 Å². The lowest BCUT2D eigenvalue weighted by Crippen LogP contribution is -2.17. The van der Waals surface area contributed by atoms with E-state index in [9.17, 15) is 9.90 Å². The number of rotatable bonds is 8. The molecule has 1 atom stereocenters. The van der Waals surface area contributed by atoms with Crippen LogP contribution in [0, 0.1) is 12.8 Å². The number of nitrogens with zero attached hydrogens (tertiary/aromatic N) is 1. The molecule has 0 aliphatic heterocycles. The molecule has 5 heteroatoms. The van der Waals surface area contributed by atoms with Crippen LogP contribution < -0.4 is 5.73 Å². The van der Waals surface area contributed by atoms with Gasteiger partial charge >= 0.3 is 5.97 Å². The Balaban J connectivity index is 2.24. The van der Waals surface area contributed by atoms with Crippen LogP contribution in [0.25, 0.3) is 10.9 Å². The molecule has 0 radical (unpaired) electrons. The smallest absolute Gasteiger partial charge is 0.306 e. The van der Waals surface area contributed by atoms with Crippen molar-refractivity contribution in [1.82, 2.24) is 4.57 Å². The van der Waals surface area contributed by atoms with E-state index in [1.807, 2.05) is 13.1 Å². The molecule has 2 aromatic rings. The van der Waals surface area contributed by atoms with Crippen LogP contribution in [0.1, 0.15) is 36.9 Å². The molecule has 3 N–H and O–H groups in total. The van der Waals surface area contributed by atoms with Crippen molar-refractivity contribution in [3.8, 4) is 0 Å². The first-order valence-corrected chi connectivity index (χ1v) is 8.91. The summed E-state index contributed by atoms with van der Waals surface area (Å²) in [5.41, 5.74) is 8.94. The monoisotopic (exact) mass is 380 g/mol. The molecular formula is C18H25BrN2O2. The van der Waals surface area contributed by atoms with Gasteiger partial charge in [-0.25, -0.2) is 0 Å². The quantitative estimate of drug-likeness (QED) is 0.679. The summed E-state index contributed by atoms with van der Waals surface area (Å²) in [6.45, 7) is 2.74. The van der Waals surface area contributed by atoms with Crippen LogP contribution in [0.3, 0.4) is 0 Å². The summed E-state index contributed by atoms with van der Waals surface area (Å²) < 4.78 is 3.18. The average molecular weight is 381 g/mol. The number of halogens is 1. The molecule has 1 heterocycles. The number of aliphatic carboxylic acids is 1. The zero-order chi connectivity index (χ0) is 17.0. The summed E-state index contributed by atoms with van der Waals surface area (Å²) in [5, 5.41) is 10.7. The first kappa shape index (κ1) is 18.0. The summed E-state index contributed by atoms with van der Waals surface area (Å²) in [4.78, 5) is 11.6. The van der Waals surface area contributed by atoms with Crippen LogP contribution in [0.2, 0.25) is 0 Å². The molecule has 0 bridgehead atoms. The van der Waals surface area contributed by atoms with Gasteiger partial charge in [-0.15, -0.1) is 0 Å². The second-order valence-corrected chi connectivity index (χ2v) is 7.08. The number of aromatic nitrogens is 1. The van der Waals surface area contributed by atoms with E-state index in [4.69, 9.17) is 5.73 Å². The topological polar surface area (TPSA) is 68.2 Å². The third-order valence-electron chi connectivity index (χ3n) is 4.64. The van der Waals surface area contributed by atoms with Crippen molar-refractivity contribution in [3.05, 3.63) is 33.9 Å². The van der Waals surface area contributed by atoms with E-state index in [1.54, 1.807) is 0 Å². The Morgan fingerprint density at radius 2 is 2.09 bits per heavy atom. The Morgan fingerprint density at radius 1 is 1.35 bits per heavy atom. The van der Waals surface area contributed by atoms with Crippen LogP contribution >= 0.6 is 15.9 Å². The molecular weight excluding hydrogens is 356 g/mol. The fourth-order valence-electron chi connectivity index (χ4n) is 3.14. The van der Waals surface area contributed by atoms with Crippen LogP contribution in [0.5, 0.6) is 0 Å². The van der Waals surface area contributed by atoms with E-state index in [1.165, 1.54) is 0 Å². The minimum absolute atomic E-state index is 0.333. The zero-order valence-corrected chi connectivity index (χ0v) is 15.4. The molecule has 0 fully saturated rings. The first-order valence-electron chi connectivity index (χ1n) is 8.12. The molecule has 126 valence electrons. The SMILES string of the molecule is Cc1c(CC(CCCCCN)C(=O)O)c2ccc(Br)cc2n1C. The molecule has 0 spiro atoms. The lowest BCUT2D eigenvalue weighted by atomic mass is 9.92. The Hall–Kier alpha value is -1.33. The van der Waals surface area contributed by atoms with E-state index in [2.05, 4.69) is 39.6 Å². The Kier molecular flexibility index (Phi) is 6.25. The number of aryl methyl sites for hydroxylation is 1. The largest absolute Gasteiger partial charge is 0.481 e. The van der Waals surface area contributed by atoms with Crippen LogP contribution in [-0.4, -0.2) is 22.2 Å². The predicted molar refractivity (Wildman–Crippen MR) is 97.7 cm³/mol. The van der Waals surface area contributed by atoms with Crippen molar-refractivity contribution in [2.45, 2.75) is 39.0 Å². The van der Waals surface area contributed by atoms with E-state index in [0.717, 1.165) is 45.9 Å². The molecule has 0 saturated carbocycles. The van der Waals surface area contributed by atoms with Gasteiger partial charge in [-0.2, -0.15) is 0 Å². The minimum atomic E-state index is -0.703. The number of carbonyl (C=O) groups is 1. The second kappa shape index (κ2) is 7.97. The van der Waals surface area contributed by atoms with Crippen molar-refractivity contribution < 1.29 is 9.90 Å². The van der Waals surface area contributed by atoms with Gasteiger partial charge in [0.2, 0.25) is 0 Å². The standard InChI is InChI=1S/C18H25BrN2O2/c1-12-16(10-13(18(22)23)6-4-3-5-9-20)15-8-7-14(19)11-17(15)21(12)2/h7-8,11,13H,3-6,9-10,20H2,1-2H3,(H,22,23). The van der Waals surface area contributed by atoms with Gasteiger partial charge in [0, 0.05) is 28.1 Å². The van der Waals surface area contributed by atoms with Gasteiger partial charge in [-0.3, -0.25) is 4.79 Å². The third-order valence-corrected chi connectivity index (χ3v) is 5.14. The highest BCUT2D eigenvalue weighted by Crippen LogP contribution is 2.30. The lowest BCUT2D eigenvalue weighted by molar-refractivity contribution is -0.141.